The van der Waals surface area contributed by atoms with Gasteiger partial charge in [-0.15, -0.1) is 0 Å². The van der Waals surface area contributed by atoms with Crippen LogP contribution >= 0.6 is 11.9 Å². The highest BCUT2D eigenvalue weighted by Gasteiger charge is 2.12. The van der Waals surface area contributed by atoms with Gasteiger partial charge in [0.15, 0.2) is 5.78 Å². The quantitative estimate of drug-likeness (QED) is 0.576. The Morgan fingerprint density at radius 3 is 2.09 bits per heavy atom. The number of ketones is 1. The first kappa shape index (κ1) is 17.3. The van der Waals surface area contributed by atoms with Crippen LogP contribution in [0.5, 0.6) is 0 Å². The first-order valence-corrected chi connectivity index (χ1v) is 8.62. The van der Waals surface area contributed by atoms with E-state index in [1.807, 2.05) is 36.4 Å². The van der Waals surface area contributed by atoms with Gasteiger partial charge in [-0.1, -0.05) is 72.6 Å². The van der Waals surface area contributed by atoms with E-state index >= 15 is 0 Å². The van der Waals surface area contributed by atoms with Crippen molar-refractivity contribution in [2.24, 2.45) is 5.14 Å². The number of nitrogens with two attached hydrogens (primary N) is 1. The Morgan fingerprint density at radius 1 is 1.00 bits per heavy atom. The van der Waals surface area contributed by atoms with E-state index in [1.165, 1.54) is 23.1 Å². The van der Waals surface area contributed by atoms with E-state index in [9.17, 15) is 4.79 Å². The molecule has 0 aromatic heterocycles. The molecule has 0 saturated heterocycles. The summed E-state index contributed by atoms with van der Waals surface area (Å²) in [6.07, 6.45) is 0.698. The minimum Gasteiger partial charge on any atom is -0.384 e. The third-order valence-corrected chi connectivity index (χ3v) is 4.04. The smallest absolute Gasteiger partial charge is 0.158 e. The lowest BCUT2D eigenvalue weighted by Gasteiger charge is -2.16. The molecule has 0 aliphatic heterocycles. The molecular weight excluding hydrogens is 304 g/mol. The number of allylic oxidation sites excluding steroid dienone is 1. The third kappa shape index (κ3) is 5.58. The number of hydrogen-bond acceptors (Lipinski definition) is 4. The summed E-state index contributed by atoms with van der Waals surface area (Å²) in [5, 5.41) is 9.05. The van der Waals surface area contributed by atoms with E-state index < -0.39 is 0 Å². The molecule has 120 valence electrons. The molecule has 2 rings (SSSR count). The Bertz CT molecular complexity index is 654. The number of carbonyl (C=O) groups is 1. The molecule has 0 radical (unpaired) electrons. The van der Waals surface area contributed by atoms with Crippen molar-refractivity contribution in [1.82, 2.24) is 5.32 Å². The topological polar surface area (TPSA) is 55.1 Å². The number of carbonyl (C=O) groups excluding carboxylic acids is 1. The van der Waals surface area contributed by atoms with Crippen molar-refractivity contribution in [2.45, 2.75) is 19.9 Å². The Labute approximate surface area is 142 Å². The molecule has 0 atom stereocenters. The lowest BCUT2D eigenvalue weighted by molar-refractivity contribution is -0.113. The van der Waals surface area contributed by atoms with Crippen LogP contribution in [-0.2, 0) is 17.8 Å². The van der Waals surface area contributed by atoms with E-state index in [0.717, 1.165) is 11.3 Å². The minimum atomic E-state index is 0.0643. The van der Waals surface area contributed by atoms with Crippen LogP contribution in [0.15, 0.2) is 71.9 Å². The van der Waals surface area contributed by atoms with Crippen LogP contribution in [0.1, 0.15) is 18.1 Å². The van der Waals surface area contributed by atoms with Crippen molar-refractivity contribution in [3.63, 3.8) is 0 Å². The van der Waals surface area contributed by atoms with Gasteiger partial charge in [0.25, 0.3) is 0 Å². The molecule has 2 aromatic carbocycles. The minimum absolute atomic E-state index is 0.0643. The second-order valence-corrected chi connectivity index (χ2v) is 5.95. The summed E-state index contributed by atoms with van der Waals surface area (Å²) in [5.74, 6) is 0.577. The number of Topliss-reactive ketones (excluding diaryl/α,β-unsaturated/α-hetero) is 1. The van der Waals surface area contributed by atoms with Crippen LogP contribution < -0.4 is 10.5 Å². The third-order valence-electron chi connectivity index (χ3n) is 3.59. The monoisotopic (exact) mass is 326 g/mol. The molecule has 0 spiro atoms. The maximum absolute atomic E-state index is 12.0. The van der Waals surface area contributed by atoms with E-state index in [2.05, 4.69) is 29.6 Å². The zero-order valence-corrected chi connectivity index (χ0v) is 14.1. The predicted octanol–water partition coefficient (Wildman–Crippen LogP) is 3.47. The van der Waals surface area contributed by atoms with Gasteiger partial charge in [0.05, 0.1) is 0 Å². The van der Waals surface area contributed by atoms with Crippen LogP contribution in [0.3, 0.4) is 0 Å². The van der Waals surface area contributed by atoms with Gasteiger partial charge in [-0.3, -0.25) is 9.93 Å². The summed E-state index contributed by atoms with van der Waals surface area (Å²) in [6, 6.07) is 20.3. The molecule has 0 unspecified atom stereocenters. The second kappa shape index (κ2) is 9.18. The van der Waals surface area contributed by atoms with E-state index in [1.54, 1.807) is 6.92 Å². The fourth-order valence-electron chi connectivity index (χ4n) is 2.37. The molecule has 2 aromatic rings. The Balaban J connectivity index is 2.22. The Hall–Kier alpha value is -2.04. The fraction of sp³-hybridized carbons (Fsp3) is 0.211. The van der Waals surface area contributed by atoms with E-state index in [-0.39, 0.29) is 5.78 Å². The molecule has 0 aliphatic carbocycles. The molecule has 0 saturated carbocycles. The van der Waals surface area contributed by atoms with Gasteiger partial charge in [0.1, 0.15) is 0 Å². The molecule has 0 heterocycles. The van der Waals surface area contributed by atoms with Crippen molar-refractivity contribution in [3.8, 4) is 0 Å². The first-order chi connectivity index (χ1) is 11.2. The standard InChI is InChI=1S/C19H22N2OS/c1-15(22)18(14-23-20)19(12-16-8-4-2-5-9-16)21-13-17-10-6-3-7-11-17/h2-11,21H,12-14,20H2,1H3. The average molecular weight is 326 g/mol. The molecule has 23 heavy (non-hydrogen) atoms. The molecular formula is C19H22N2OS. The number of hydrogen-bond donors (Lipinski definition) is 2. The van der Waals surface area contributed by atoms with Gasteiger partial charge < -0.3 is 5.32 Å². The Kier molecular flexibility index (Phi) is 6.91. The lowest BCUT2D eigenvalue weighted by Crippen LogP contribution is -2.21. The zero-order valence-electron chi connectivity index (χ0n) is 13.3. The van der Waals surface area contributed by atoms with Crippen LogP contribution in [0.2, 0.25) is 0 Å². The van der Waals surface area contributed by atoms with E-state index in [0.29, 0.717) is 18.7 Å². The average Bonchev–Trinajstić information content (AvgIpc) is 2.58. The van der Waals surface area contributed by atoms with Gasteiger partial charge in [0.2, 0.25) is 0 Å². The molecule has 3 N–H and O–H groups in total. The maximum Gasteiger partial charge on any atom is 0.158 e. The van der Waals surface area contributed by atoms with Gasteiger partial charge in [0, 0.05) is 30.0 Å². The molecule has 0 bridgehead atoms. The molecule has 0 fully saturated rings. The molecule has 0 amide bonds. The predicted molar refractivity (Wildman–Crippen MR) is 97.8 cm³/mol. The zero-order chi connectivity index (χ0) is 16.5. The summed E-state index contributed by atoms with van der Waals surface area (Å²) >= 11 is 1.18. The summed E-state index contributed by atoms with van der Waals surface area (Å²) in [7, 11) is 0. The molecule has 0 aliphatic rings. The van der Waals surface area contributed by atoms with Crippen molar-refractivity contribution >= 4 is 17.7 Å². The van der Waals surface area contributed by atoms with Gasteiger partial charge in [-0.2, -0.15) is 0 Å². The summed E-state index contributed by atoms with van der Waals surface area (Å²) in [4.78, 5) is 12.0. The lowest BCUT2D eigenvalue weighted by atomic mass is 10.0. The maximum atomic E-state index is 12.0. The highest BCUT2D eigenvalue weighted by atomic mass is 32.2. The molecule has 4 heteroatoms. The van der Waals surface area contributed by atoms with Crippen LogP contribution in [0, 0.1) is 0 Å². The van der Waals surface area contributed by atoms with Gasteiger partial charge in [-0.05, 0) is 18.1 Å². The van der Waals surface area contributed by atoms with Crippen molar-refractivity contribution in [3.05, 3.63) is 83.1 Å². The van der Waals surface area contributed by atoms with Gasteiger partial charge >= 0.3 is 0 Å². The summed E-state index contributed by atoms with van der Waals surface area (Å²) < 4.78 is 0. The summed E-state index contributed by atoms with van der Waals surface area (Å²) in [6.45, 7) is 2.29. The number of rotatable bonds is 8. The molecule has 3 nitrogen and oxygen atoms in total. The van der Waals surface area contributed by atoms with Gasteiger partial charge in [-0.25, -0.2) is 0 Å². The largest absolute Gasteiger partial charge is 0.384 e. The van der Waals surface area contributed by atoms with Crippen LogP contribution in [-0.4, -0.2) is 11.5 Å². The number of nitrogens with one attached hydrogen (secondary N) is 1. The number of benzene rings is 2. The fourth-order valence-corrected chi connectivity index (χ4v) is 2.91. The van der Waals surface area contributed by atoms with E-state index in [4.69, 9.17) is 5.14 Å². The SMILES string of the molecule is CC(=O)C(CSN)=C(Cc1ccccc1)NCc1ccccc1. The normalized spacial score (nSPS) is 11.7. The second-order valence-electron chi connectivity index (χ2n) is 5.33. The highest BCUT2D eigenvalue weighted by Crippen LogP contribution is 2.15. The summed E-state index contributed by atoms with van der Waals surface area (Å²) in [5.41, 5.74) is 4.06. The van der Waals surface area contributed by atoms with Crippen LogP contribution in [0.4, 0.5) is 0 Å². The van der Waals surface area contributed by atoms with Crippen molar-refractivity contribution < 1.29 is 4.79 Å². The Morgan fingerprint density at radius 2 is 1.57 bits per heavy atom. The first-order valence-electron chi connectivity index (χ1n) is 7.57. The van der Waals surface area contributed by atoms with Crippen molar-refractivity contribution in [2.75, 3.05) is 5.75 Å². The highest BCUT2D eigenvalue weighted by molar-refractivity contribution is 7.97. The van der Waals surface area contributed by atoms with Crippen molar-refractivity contribution in [1.29, 1.82) is 0 Å². The van der Waals surface area contributed by atoms with Crippen LogP contribution in [0.25, 0.3) is 0 Å².